The fourth-order valence-electron chi connectivity index (χ4n) is 5.76. The molecule has 0 fully saturated rings. The fourth-order valence-corrected chi connectivity index (χ4v) is 48.2. The summed E-state index contributed by atoms with van der Waals surface area (Å²) in [6.07, 6.45) is 12.1. The Morgan fingerprint density at radius 2 is 0.618 bits per heavy atom. The zero-order valence-corrected chi connectivity index (χ0v) is 29.1. The first-order valence-electron chi connectivity index (χ1n) is 14.4. The molecule has 0 rings (SSSR count). The second-order valence-corrected chi connectivity index (χ2v) is 36.5. The van der Waals surface area contributed by atoms with E-state index in [0.717, 1.165) is 104 Å². The summed E-state index contributed by atoms with van der Waals surface area (Å²) in [6, 6.07) is 0. The summed E-state index contributed by atoms with van der Waals surface area (Å²) in [5.41, 5.74) is 0. The van der Waals surface area contributed by atoms with Gasteiger partial charge in [-0.2, -0.15) is 0 Å². The van der Waals surface area contributed by atoms with Crippen molar-refractivity contribution in [2.24, 2.45) is 0 Å². The molecule has 0 aliphatic heterocycles. The molecule has 0 radical (unpaired) electrons. The number of hydrogen-bond acceptors (Lipinski definition) is 4. The van der Waals surface area contributed by atoms with Crippen molar-refractivity contribution in [1.29, 1.82) is 0 Å². The first-order valence-corrected chi connectivity index (χ1v) is 29.4. The molecule has 0 amide bonds. The molecule has 0 atom stereocenters. The molecule has 4 nitrogen and oxygen atoms in total. The van der Waals surface area contributed by atoms with Crippen molar-refractivity contribution in [2.45, 2.75) is 145 Å². The molecule has 0 spiro atoms. The Balaban J connectivity index is 7.37. The van der Waals surface area contributed by atoms with Crippen LogP contribution in [-0.2, 0) is 9.59 Å². The van der Waals surface area contributed by atoms with Gasteiger partial charge in [0.25, 0.3) is 0 Å². The van der Waals surface area contributed by atoms with E-state index in [2.05, 4.69) is 41.5 Å². The summed E-state index contributed by atoms with van der Waals surface area (Å²) < 4.78 is 6.47. The molecule has 0 bridgehead atoms. The van der Waals surface area contributed by atoms with Crippen LogP contribution in [0.4, 0.5) is 0 Å². The molecule has 0 aromatic heterocycles. The average molecular weight is 692 g/mol. The second-order valence-electron chi connectivity index (χ2n) is 10.5. The Hall–Kier alpha value is 0.277. The predicted molar refractivity (Wildman–Crippen MR) is 147 cm³/mol. The molecule has 0 aromatic carbocycles. The van der Waals surface area contributed by atoms with Crippen LogP contribution in [0, 0.1) is 0 Å². The molecule has 200 valence electrons. The van der Waals surface area contributed by atoms with Gasteiger partial charge in [0.15, 0.2) is 0 Å². The number of carboxylic acid groups (broad SMARTS) is 2. The van der Waals surface area contributed by atoms with E-state index in [1.807, 2.05) is 0 Å². The van der Waals surface area contributed by atoms with Crippen molar-refractivity contribution in [2.75, 3.05) is 0 Å². The van der Waals surface area contributed by atoms with Gasteiger partial charge < -0.3 is 0 Å². The van der Waals surface area contributed by atoms with Crippen molar-refractivity contribution in [3.8, 4) is 0 Å². The fraction of sp³-hybridized carbons (Fsp3) is 0.857. The SMILES string of the molecule is CCC[CH2][Sn]([CH2]CCC)([CH2]CCC)/[C](C(=O)[O-])=[C](\C(=O)[O-])[Sn]([CH2]CCC)([CH2]CCC)[CH2]CCC. The van der Waals surface area contributed by atoms with Crippen LogP contribution in [0.5, 0.6) is 0 Å². The van der Waals surface area contributed by atoms with Crippen molar-refractivity contribution in [3.05, 3.63) is 7.18 Å². The molecule has 0 saturated carbocycles. The van der Waals surface area contributed by atoms with Crippen molar-refractivity contribution in [3.63, 3.8) is 0 Å². The van der Waals surface area contributed by atoms with Crippen LogP contribution < -0.4 is 10.2 Å². The van der Waals surface area contributed by atoms with Crippen LogP contribution in [0.3, 0.4) is 0 Å². The Morgan fingerprint density at radius 3 is 0.735 bits per heavy atom. The Bertz CT molecular complexity index is 520. The third-order valence-electron chi connectivity index (χ3n) is 7.77. The summed E-state index contributed by atoms with van der Waals surface area (Å²) >= 11 is -7.10. The maximum atomic E-state index is 13.1. The molecular weight excluding hydrogens is 638 g/mol. The molecule has 0 N–H and O–H groups in total. The Morgan fingerprint density at radius 1 is 0.441 bits per heavy atom. The zero-order chi connectivity index (χ0) is 26.0. The normalized spacial score (nSPS) is 13.1. The van der Waals surface area contributed by atoms with E-state index in [9.17, 15) is 19.8 Å². The van der Waals surface area contributed by atoms with Crippen molar-refractivity contribution < 1.29 is 19.8 Å². The van der Waals surface area contributed by atoms with Gasteiger partial charge in [0.05, 0.1) is 0 Å². The minimum atomic E-state index is -3.55. The summed E-state index contributed by atoms with van der Waals surface area (Å²) in [7, 11) is 0. The number of hydrogen-bond donors (Lipinski definition) is 0. The molecule has 0 unspecified atom stereocenters. The van der Waals surface area contributed by atoms with E-state index >= 15 is 0 Å². The van der Waals surface area contributed by atoms with Crippen LogP contribution in [0.15, 0.2) is 7.18 Å². The van der Waals surface area contributed by atoms with E-state index < -0.39 is 48.7 Å². The van der Waals surface area contributed by atoms with Gasteiger partial charge in [0, 0.05) is 0 Å². The summed E-state index contributed by atoms with van der Waals surface area (Å²) in [6.45, 7) is 13.0. The average Bonchev–Trinajstić information content (AvgIpc) is 2.82. The summed E-state index contributed by atoms with van der Waals surface area (Å²) in [5, 5.41) is 26.2. The standard InChI is InChI=1S/C4H2O4.6C4H9.2Sn/c5-3(6)1-2-4(7)8;6*1-3-4-2;;/h(H,5,6)(H,7,8);6*1,3-4H2,2H3;;/p-2. The topological polar surface area (TPSA) is 80.3 Å². The zero-order valence-electron chi connectivity index (χ0n) is 23.4. The number of carboxylic acids is 2. The van der Waals surface area contributed by atoms with Gasteiger partial charge in [-0.3, -0.25) is 0 Å². The van der Waals surface area contributed by atoms with Gasteiger partial charge >= 0.3 is 221 Å². The third kappa shape index (κ3) is 10.7. The van der Waals surface area contributed by atoms with Gasteiger partial charge in [-0.25, -0.2) is 0 Å². The number of unbranched alkanes of at least 4 members (excludes halogenated alkanes) is 6. The van der Waals surface area contributed by atoms with Crippen molar-refractivity contribution in [1.82, 2.24) is 0 Å². The number of carbonyl (C=O) groups excluding carboxylic acids is 2. The van der Waals surface area contributed by atoms with Crippen LogP contribution in [0.1, 0.15) is 119 Å². The first-order chi connectivity index (χ1) is 16.3. The van der Waals surface area contributed by atoms with Crippen LogP contribution >= 0.6 is 0 Å². The van der Waals surface area contributed by atoms with Crippen LogP contribution in [-0.4, -0.2) is 48.7 Å². The molecule has 34 heavy (non-hydrogen) atoms. The van der Waals surface area contributed by atoms with E-state index in [-0.39, 0.29) is 0 Å². The van der Waals surface area contributed by atoms with Gasteiger partial charge in [-0.15, -0.1) is 0 Å². The van der Waals surface area contributed by atoms with E-state index in [0.29, 0.717) is 7.18 Å². The monoisotopic (exact) mass is 694 g/mol. The molecule has 0 heterocycles. The first kappa shape index (κ1) is 34.3. The van der Waals surface area contributed by atoms with Gasteiger partial charge in [-0.05, 0) is 0 Å². The van der Waals surface area contributed by atoms with Crippen LogP contribution in [0.25, 0.3) is 0 Å². The second kappa shape index (κ2) is 19.4. The van der Waals surface area contributed by atoms with Crippen LogP contribution in [0.2, 0.25) is 26.6 Å². The molecule has 0 aromatic rings. The molecule has 0 saturated heterocycles. The van der Waals surface area contributed by atoms with Gasteiger partial charge in [-0.1, -0.05) is 0 Å². The quantitative estimate of drug-likeness (QED) is 0.0952. The van der Waals surface area contributed by atoms with E-state index in [1.165, 1.54) is 0 Å². The Kier molecular flexibility index (Phi) is 19.6. The maximum absolute atomic E-state index is 13.1. The van der Waals surface area contributed by atoms with E-state index in [4.69, 9.17) is 0 Å². The van der Waals surface area contributed by atoms with Gasteiger partial charge in [0.2, 0.25) is 0 Å². The molecular formula is C28H54O4Sn2-2. The number of carbonyl (C=O) groups is 2. The molecule has 6 heteroatoms. The van der Waals surface area contributed by atoms with E-state index in [1.54, 1.807) is 0 Å². The summed E-state index contributed by atoms with van der Waals surface area (Å²) in [5.74, 6) is -2.27. The number of rotatable bonds is 22. The summed E-state index contributed by atoms with van der Waals surface area (Å²) in [4.78, 5) is 26.2. The Labute approximate surface area is 219 Å². The molecule has 0 aliphatic carbocycles. The third-order valence-corrected chi connectivity index (χ3v) is 40.9. The molecule has 0 aliphatic rings. The van der Waals surface area contributed by atoms with Gasteiger partial charge in [0.1, 0.15) is 0 Å². The predicted octanol–water partition coefficient (Wildman–Crippen LogP) is 6.56. The number of aliphatic carboxylic acids is 2. The minimum absolute atomic E-state index is 0.392. The van der Waals surface area contributed by atoms with Crippen molar-refractivity contribution >= 4 is 48.7 Å².